The first-order valence-electron chi connectivity index (χ1n) is 11.5. The van der Waals surface area contributed by atoms with Gasteiger partial charge in [0.1, 0.15) is 4.90 Å². The molecule has 0 spiro atoms. The number of para-hydroxylation sites is 1. The third-order valence-corrected chi connectivity index (χ3v) is 8.51. The van der Waals surface area contributed by atoms with E-state index in [-0.39, 0.29) is 29.3 Å². The molecular formula is C25H26F2N2O4S. The lowest BCUT2D eigenvalue weighted by atomic mass is 9.97. The molecule has 3 aromatic rings. The summed E-state index contributed by atoms with van der Waals surface area (Å²) in [4.78, 5) is 12.9. The average molecular weight is 489 g/mol. The Morgan fingerprint density at radius 3 is 2.47 bits per heavy atom. The molecule has 2 fully saturated rings. The molecule has 1 saturated carbocycles. The second-order valence-electron chi connectivity index (χ2n) is 9.05. The number of carbonyl (C=O) groups excluding carboxylic acids is 1. The van der Waals surface area contributed by atoms with Crippen molar-refractivity contribution >= 4 is 26.8 Å². The van der Waals surface area contributed by atoms with Crippen molar-refractivity contribution in [2.24, 2.45) is 0 Å². The van der Waals surface area contributed by atoms with Gasteiger partial charge in [0.25, 0.3) is 15.9 Å². The molecule has 2 heterocycles. The maximum atomic E-state index is 13.9. The van der Waals surface area contributed by atoms with E-state index in [0.29, 0.717) is 48.9 Å². The van der Waals surface area contributed by atoms with Gasteiger partial charge in [-0.25, -0.2) is 21.2 Å². The Bertz CT molecular complexity index is 1330. The summed E-state index contributed by atoms with van der Waals surface area (Å²) in [5.41, 5.74) is 1.06. The number of benzene rings is 2. The number of rotatable bonds is 5. The largest absolute Gasteiger partial charge is 0.381 e. The molecule has 1 amide bonds. The van der Waals surface area contributed by atoms with E-state index in [9.17, 15) is 22.0 Å². The molecule has 1 unspecified atom stereocenters. The van der Waals surface area contributed by atoms with Crippen molar-refractivity contribution in [2.45, 2.75) is 54.9 Å². The molecule has 1 aliphatic carbocycles. The summed E-state index contributed by atoms with van der Waals surface area (Å²) in [5.74, 6) is -3.64. The molecule has 1 N–H and O–H groups in total. The van der Waals surface area contributed by atoms with Gasteiger partial charge in [0.15, 0.2) is 0 Å². The zero-order chi connectivity index (χ0) is 23.9. The second kappa shape index (κ2) is 8.78. The van der Waals surface area contributed by atoms with Gasteiger partial charge in [-0.2, -0.15) is 0 Å². The minimum atomic E-state index is -4.18. The van der Waals surface area contributed by atoms with Gasteiger partial charge in [-0.05, 0) is 48.9 Å². The van der Waals surface area contributed by atoms with Gasteiger partial charge >= 0.3 is 0 Å². The molecule has 1 aliphatic heterocycles. The van der Waals surface area contributed by atoms with Gasteiger partial charge in [0.2, 0.25) is 5.92 Å². The van der Waals surface area contributed by atoms with Crippen LogP contribution in [0.2, 0.25) is 0 Å². The van der Waals surface area contributed by atoms with Gasteiger partial charge in [-0.1, -0.05) is 30.3 Å². The predicted molar refractivity (Wildman–Crippen MR) is 124 cm³/mol. The summed E-state index contributed by atoms with van der Waals surface area (Å²) in [7, 11) is -4.18. The van der Waals surface area contributed by atoms with Crippen LogP contribution >= 0.6 is 0 Å². The Kier molecular flexibility index (Phi) is 5.93. The average Bonchev–Trinajstić information content (AvgIpc) is 3.40. The van der Waals surface area contributed by atoms with Crippen molar-refractivity contribution in [3.8, 4) is 0 Å². The van der Waals surface area contributed by atoms with Crippen molar-refractivity contribution in [3.63, 3.8) is 0 Å². The van der Waals surface area contributed by atoms with Crippen LogP contribution in [0.5, 0.6) is 0 Å². The highest BCUT2D eigenvalue weighted by Gasteiger charge is 2.41. The summed E-state index contributed by atoms with van der Waals surface area (Å²) in [6.07, 6.45) is 2.57. The molecule has 1 saturated heterocycles. The smallest absolute Gasteiger partial charge is 0.268 e. The first-order chi connectivity index (χ1) is 16.3. The van der Waals surface area contributed by atoms with Crippen LogP contribution in [-0.4, -0.2) is 43.5 Å². The molecule has 9 heteroatoms. The van der Waals surface area contributed by atoms with Crippen LogP contribution in [0.25, 0.3) is 10.9 Å². The summed E-state index contributed by atoms with van der Waals surface area (Å²) >= 11 is 0. The van der Waals surface area contributed by atoms with Crippen LogP contribution in [0.3, 0.4) is 0 Å². The highest BCUT2D eigenvalue weighted by molar-refractivity contribution is 7.90. The van der Waals surface area contributed by atoms with Crippen molar-refractivity contribution in [3.05, 3.63) is 65.9 Å². The first kappa shape index (κ1) is 23.0. The minimum absolute atomic E-state index is 0.0562. The SMILES string of the molecule is O=C(NC1CCOCC1)c1ccccc1S(=O)(=O)n1cc(C2CCC(F)(F)C2)c2ccccc21. The second-order valence-corrected chi connectivity index (χ2v) is 10.8. The van der Waals surface area contributed by atoms with Crippen molar-refractivity contribution < 1.29 is 26.7 Å². The first-order valence-corrected chi connectivity index (χ1v) is 12.9. The van der Waals surface area contributed by atoms with E-state index in [4.69, 9.17) is 4.74 Å². The summed E-state index contributed by atoms with van der Waals surface area (Å²) in [5, 5.41) is 3.56. The number of amides is 1. The summed E-state index contributed by atoms with van der Waals surface area (Å²) < 4.78 is 62.0. The van der Waals surface area contributed by atoms with Crippen LogP contribution in [0.1, 0.15) is 53.9 Å². The Morgan fingerprint density at radius 1 is 1.03 bits per heavy atom. The lowest BCUT2D eigenvalue weighted by Gasteiger charge is -2.23. The molecule has 1 atom stereocenters. The van der Waals surface area contributed by atoms with Gasteiger partial charge in [-0.15, -0.1) is 0 Å². The van der Waals surface area contributed by atoms with E-state index >= 15 is 0 Å². The van der Waals surface area contributed by atoms with Crippen LogP contribution < -0.4 is 5.32 Å². The third kappa shape index (κ3) is 4.22. The quantitative estimate of drug-likeness (QED) is 0.565. The molecule has 2 aliphatic rings. The number of aromatic nitrogens is 1. The predicted octanol–water partition coefficient (Wildman–Crippen LogP) is 4.69. The van der Waals surface area contributed by atoms with Crippen molar-refractivity contribution in [2.75, 3.05) is 13.2 Å². The Balaban J connectivity index is 1.55. The molecular weight excluding hydrogens is 462 g/mol. The number of carbonyl (C=O) groups is 1. The molecule has 0 radical (unpaired) electrons. The van der Waals surface area contributed by atoms with E-state index in [2.05, 4.69) is 5.32 Å². The maximum Gasteiger partial charge on any atom is 0.268 e. The van der Waals surface area contributed by atoms with Gasteiger partial charge in [0.05, 0.1) is 11.1 Å². The van der Waals surface area contributed by atoms with Crippen molar-refractivity contribution in [1.82, 2.24) is 9.29 Å². The molecule has 34 heavy (non-hydrogen) atoms. The minimum Gasteiger partial charge on any atom is -0.381 e. The normalized spacial score (nSPS) is 21.1. The number of halogens is 2. The molecule has 0 bridgehead atoms. The number of nitrogens with one attached hydrogen (secondary N) is 1. The zero-order valence-corrected chi connectivity index (χ0v) is 19.4. The monoisotopic (exact) mass is 488 g/mol. The Labute approximate surface area is 197 Å². The molecule has 6 nitrogen and oxygen atoms in total. The zero-order valence-electron chi connectivity index (χ0n) is 18.5. The van der Waals surface area contributed by atoms with Gasteiger partial charge in [-0.3, -0.25) is 4.79 Å². The van der Waals surface area contributed by atoms with E-state index in [1.165, 1.54) is 18.3 Å². The highest BCUT2D eigenvalue weighted by Crippen LogP contribution is 2.46. The van der Waals surface area contributed by atoms with E-state index < -0.39 is 27.8 Å². The van der Waals surface area contributed by atoms with Crippen LogP contribution in [0, 0.1) is 0 Å². The van der Waals surface area contributed by atoms with Crippen LogP contribution in [-0.2, 0) is 14.8 Å². The standard InChI is InChI=1S/C25H26F2N2O4S/c26-25(27)12-9-17(15-25)21-16-29(22-7-3-1-5-19(21)22)34(31,32)23-8-4-2-6-20(23)24(30)28-18-10-13-33-14-11-18/h1-8,16-18H,9-15H2,(H,28,30). The molecule has 180 valence electrons. The number of alkyl halides is 2. The van der Waals surface area contributed by atoms with E-state index in [1.54, 1.807) is 36.4 Å². The molecule has 1 aromatic heterocycles. The fraction of sp³-hybridized carbons (Fsp3) is 0.400. The highest BCUT2D eigenvalue weighted by atomic mass is 32.2. The molecule has 2 aromatic carbocycles. The van der Waals surface area contributed by atoms with Crippen molar-refractivity contribution in [1.29, 1.82) is 0 Å². The van der Waals surface area contributed by atoms with E-state index in [0.717, 1.165) is 3.97 Å². The summed E-state index contributed by atoms with van der Waals surface area (Å²) in [6, 6.07) is 12.9. The van der Waals surface area contributed by atoms with Crippen LogP contribution in [0.4, 0.5) is 8.78 Å². The fourth-order valence-electron chi connectivity index (χ4n) is 5.01. The number of fused-ring (bicyclic) bond motifs is 1. The molecule has 5 rings (SSSR count). The Morgan fingerprint density at radius 2 is 1.74 bits per heavy atom. The van der Waals surface area contributed by atoms with E-state index in [1.807, 2.05) is 0 Å². The van der Waals surface area contributed by atoms with Gasteiger partial charge in [0, 0.05) is 43.7 Å². The maximum absolute atomic E-state index is 13.9. The van der Waals surface area contributed by atoms with Gasteiger partial charge < -0.3 is 10.1 Å². The van der Waals surface area contributed by atoms with Crippen LogP contribution in [0.15, 0.2) is 59.6 Å². The summed E-state index contributed by atoms with van der Waals surface area (Å²) in [6.45, 7) is 1.09. The number of hydrogen-bond acceptors (Lipinski definition) is 4. The lowest BCUT2D eigenvalue weighted by molar-refractivity contribution is 0.00779. The number of ether oxygens (including phenoxy) is 1. The number of hydrogen-bond donors (Lipinski definition) is 1. The number of nitrogens with zero attached hydrogens (tertiary/aromatic N) is 1. The Hall–Kier alpha value is -2.78. The third-order valence-electron chi connectivity index (χ3n) is 6.78. The fourth-order valence-corrected chi connectivity index (χ4v) is 6.58. The topological polar surface area (TPSA) is 77.4 Å². The lowest BCUT2D eigenvalue weighted by Crippen LogP contribution is -2.39.